The van der Waals surface area contributed by atoms with Gasteiger partial charge in [0.2, 0.25) is 0 Å². The lowest BCUT2D eigenvalue weighted by molar-refractivity contribution is 0.628. The number of thiocarbonyl (C=S) groups is 1. The topological polar surface area (TPSA) is 27.3 Å². The maximum absolute atomic E-state index is 13.1. The van der Waals surface area contributed by atoms with Gasteiger partial charge in [-0.2, -0.15) is 0 Å². The van der Waals surface area contributed by atoms with Crippen LogP contribution in [0.1, 0.15) is 13.8 Å². The molecule has 0 aliphatic carbocycles. The van der Waals surface area contributed by atoms with E-state index >= 15 is 0 Å². The molecule has 0 aliphatic rings. The van der Waals surface area contributed by atoms with Crippen LogP contribution in [0.15, 0.2) is 48.5 Å². The van der Waals surface area contributed by atoms with E-state index < -0.39 is 0 Å². The van der Waals surface area contributed by atoms with Crippen LogP contribution in [0, 0.1) is 5.82 Å². The Balaban J connectivity index is 1.97. The van der Waals surface area contributed by atoms with Crippen molar-refractivity contribution in [3.8, 4) is 0 Å². The van der Waals surface area contributed by atoms with Gasteiger partial charge < -0.3 is 15.5 Å². The summed E-state index contributed by atoms with van der Waals surface area (Å²) in [4.78, 5) is 2.27. The minimum atomic E-state index is -0.295. The van der Waals surface area contributed by atoms with E-state index in [1.807, 2.05) is 12.1 Å². The molecule has 3 nitrogen and oxygen atoms in total. The number of nitrogens with zero attached hydrogens (tertiary/aromatic N) is 1. The van der Waals surface area contributed by atoms with Gasteiger partial charge in [-0.1, -0.05) is 6.07 Å². The van der Waals surface area contributed by atoms with Gasteiger partial charge in [-0.15, -0.1) is 0 Å². The van der Waals surface area contributed by atoms with Crippen molar-refractivity contribution in [2.75, 3.05) is 28.6 Å². The highest BCUT2D eigenvalue weighted by Gasteiger charge is 2.03. The summed E-state index contributed by atoms with van der Waals surface area (Å²) in [6.45, 7) is 6.22. The van der Waals surface area contributed by atoms with Gasteiger partial charge in [0.1, 0.15) is 5.82 Å². The van der Waals surface area contributed by atoms with E-state index in [1.54, 1.807) is 12.1 Å². The van der Waals surface area contributed by atoms with Gasteiger partial charge in [0.25, 0.3) is 0 Å². The largest absolute Gasteiger partial charge is 0.372 e. The molecule has 0 radical (unpaired) electrons. The third-order valence-electron chi connectivity index (χ3n) is 3.34. The Morgan fingerprint density at radius 1 is 1.00 bits per heavy atom. The van der Waals surface area contributed by atoms with Crippen molar-refractivity contribution in [3.05, 3.63) is 54.3 Å². The van der Waals surface area contributed by atoms with E-state index in [9.17, 15) is 4.39 Å². The first-order valence-corrected chi connectivity index (χ1v) is 7.71. The number of hydrogen-bond donors (Lipinski definition) is 2. The van der Waals surface area contributed by atoms with E-state index in [0.717, 1.165) is 18.8 Å². The second-order valence-corrected chi connectivity index (χ2v) is 5.22. The zero-order valence-corrected chi connectivity index (χ0v) is 13.6. The zero-order chi connectivity index (χ0) is 15.9. The molecule has 0 saturated carbocycles. The van der Waals surface area contributed by atoms with Crippen molar-refractivity contribution < 1.29 is 4.39 Å². The van der Waals surface area contributed by atoms with E-state index in [0.29, 0.717) is 10.8 Å². The second-order valence-electron chi connectivity index (χ2n) is 4.81. The molecule has 2 rings (SSSR count). The van der Waals surface area contributed by atoms with Crippen LogP contribution in [0.2, 0.25) is 0 Å². The fraction of sp³-hybridized carbons (Fsp3) is 0.235. The summed E-state index contributed by atoms with van der Waals surface area (Å²) in [6.07, 6.45) is 0. The third-order valence-corrected chi connectivity index (χ3v) is 3.54. The molecule has 2 N–H and O–H groups in total. The lowest BCUT2D eigenvalue weighted by Gasteiger charge is -2.21. The molecule has 5 heteroatoms. The van der Waals surface area contributed by atoms with E-state index in [1.165, 1.54) is 17.8 Å². The Bertz CT molecular complexity index is 624. The average molecular weight is 317 g/mol. The Hall–Kier alpha value is -2.14. The number of hydrogen-bond acceptors (Lipinski definition) is 2. The maximum atomic E-state index is 13.1. The standard InChI is InChI=1S/C17H20FN3S/c1-3-21(4-2)16-10-8-14(9-11-16)19-17(22)20-15-7-5-6-13(18)12-15/h5-12H,3-4H2,1-2H3,(H2,19,20,22). The molecule has 2 aromatic carbocycles. The van der Waals surface area contributed by atoms with Gasteiger partial charge in [0.05, 0.1) is 0 Å². The van der Waals surface area contributed by atoms with Crippen LogP contribution >= 0.6 is 12.2 Å². The Morgan fingerprint density at radius 2 is 1.64 bits per heavy atom. The summed E-state index contributed by atoms with van der Waals surface area (Å²) >= 11 is 5.24. The van der Waals surface area contributed by atoms with Crippen molar-refractivity contribution in [2.45, 2.75) is 13.8 Å². The maximum Gasteiger partial charge on any atom is 0.175 e. The van der Waals surface area contributed by atoms with Gasteiger partial charge in [-0.3, -0.25) is 0 Å². The van der Waals surface area contributed by atoms with E-state index in [4.69, 9.17) is 12.2 Å². The lowest BCUT2D eigenvalue weighted by atomic mass is 10.2. The number of rotatable bonds is 5. The Kier molecular flexibility index (Phi) is 5.72. The molecule has 0 bridgehead atoms. The molecular weight excluding hydrogens is 297 g/mol. The van der Waals surface area contributed by atoms with Crippen molar-refractivity contribution >= 4 is 34.4 Å². The van der Waals surface area contributed by atoms with Gasteiger partial charge in [-0.05, 0) is 68.5 Å². The normalized spacial score (nSPS) is 10.1. The molecule has 0 fully saturated rings. The minimum Gasteiger partial charge on any atom is -0.372 e. The first-order chi connectivity index (χ1) is 10.6. The van der Waals surface area contributed by atoms with Crippen molar-refractivity contribution in [3.63, 3.8) is 0 Å². The predicted octanol–water partition coefficient (Wildman–Crippen LogP) is 4.48. The number of benzene rings is 2. The average Bonchev–Trinajstić information content (AvgIpc) is 2.50. The quantitative estimate of drug-likeness (QED) is 0.795. The molecule has 116 valence electrons. The monoisotopic (exact) mass is 317 g/mol. The van der Waals surface area contributed by atoms with Gasteiger partial charge in [-0.25, -0.2) is 4.39 Å². The summed E-state index contributed by atoms with van der Waals surface area (Å²) in [5.74, 6) is -0.295. The summed E-state index contributed by atoms with van der Waals surface area (Å²) in [7, 11) is 0. The summed E-state index contributed by atoms with van der Waals surface area (Å²) in [5.41, 5.74) is 2.70. The van der Waals surface area contributed by atoms with E-state index in [2.05, 4.69) is 41.5 Å². The fourth-order valence-corrected chi connectivity index (χ4v) is 2.44. The first kappa shape index (κ1) is 16.2. The number of halogens is 1. The SMILES string of the molecule is CCN(CC)c1ccc(NC(=S)Nc2cccc(F)c2)cc1. The summed E-state index contributed by atoms with van der Waals surface area (Å²) in [5, 5.41) is 6.48. The van der Waals surface area contributed by atoms with Crippen LogP contribution in [-0.4, -0.2) is 18.2 Å². The minimum absolute atomic E-state index is 0.295. The van der Waals surface area contributed by atoms with Crippen molar-refractivity contribution in [1.29, 1.82) is 0 Å². The van der Waals surface area contributed by atoms with Crippen molar-refractivity contribution in [1.82, 2.24) is 0 Å². The molecule has 22 heavy (non-hydrogen) atoms. The van der Waals surface area contributed by atoms with Gasteiger partial charge in [0, 0.05) is 30.2 Å². The predicted molar refractivity (Wildman–Crippen MR) is 96.2 cm³/mol. The van der Waals surface area contributed by atoms with E-state index in [-0.39, 0.29) is 5.82 Å². The molecule has 0 unspecified atom stereocenters. The molecule has 0 saturated heterocycles. The lowest BCUT2D eigenvalue weighted by Crippen LogP contribution is -2.22. The number of nitrogens with one attached hydrogen (secondary N) is 2. The van der Waals surface area contributed by atoms with Gasteiger partial charge in [0.15, 0.2) is 5.11 Å². The van der Waals surface area contributed by atoms with Crippen LogP contribution in [0.25, 0.3) is 0 Å². The van der Waals surface area contributed by atoms with Crippen LogP contribution in [0.4, 0.5) is 21.5 Å². The third kappa shape index (κ3) is 4.43. The molecule has 0 aliphatic heterocycles. The highest BCUT2D eigenvalue weighted by Crippen LogP contribution is 2.18. The van der Waals surface area contributed by atoms with Crippen LogP contribution < -0.4 is 15.5 Å². The molecule has 2 aromatic rings. The summed E-state index contributed by atoms with van der Waals surface area (Å²) < 4.78 is 13.1. The molecule has 0 atom stereocenters. The zero-order valence-electron chi connectivity index (χ0n) is 12.8. The molecule has 0 heterocycles. The number of anilines is 3. The van der Waals surface area contributed by atoms with Crippen molar-refractivity contribution in [2.24, 2.45) is 0 Å². The molecule has 0 aromatic heterocycles. The smallest absolute Gasteiger partial charge is 0.175 e. The fourth-order valence-electron chi connectivity index (χ4n) is 2.20. The Labute approximate surface area is 136 Å². The van der Waals surface area contributed by atoms with Crippen LogP contribution in [0.5, 0.6) is 0 Å². The molecule has 0 amide bonds. The van der Waals surface area contributed by atoms with Crippen LogP contribution in [0.3, 0.4) is 0 Å². The summed E-state index contributed by atoms with van der Waals surface area (Å²) in [6, 6.07) is 14.3. The highest BCUT2D eigenvalue weighted by molar-refractivity contribution is 7.80. The van der Waals surface area contributed by atoms with Gasteiger partial charge >= 0.3 is 0 Å². The molecular formula is C17H20FN3S. The highest BCUT2D eigenvalue weighted by atomic mass is 32.1. The van der Waals surface area contributed by atoms with Crippen LogP contribution in [-0.2, 0) is 0 Å². The molecule has 0 spiro atoms. The second kappa shape index (κ2) is 7.75. The first-order valence-electron chi connectivity index (χ1n) is 7.31. The Morgan fingerprint density at radius 3 is 2.23 bits per heavy atom.